The van der Waals surface area contributed by atoms with Crippen molar-refractivity contribution >= 4 is 11.6 Å². The Kier molecular flexibility index (Phi) is 6.65. The molecule has 4 saturated carbocycles. The molecule has 0 aliphatic heterocycles. The molecule has 42 heavy (non-hydrogen) atoms. The van der Waals surface area contributed by atoms with E-state index in [4.69, 9.17) is 11.1 Å². The van der Waals surface area contributed by atoms with Crippen LogP contribution in [0.5, 0.6) is 0 Å². The second kappa shape index (κ2) is 9.37. The lowest BCUT2D eigenvalue weighted by atomic mass is 9.31. The minimum absolute atomic E-state index is 0.0185. The van der Waals surface area contributed by atoms with Crippen molar-refractivity contribution in [2.45, 2.75) is 113 Å². The van der Waals surface area contributed by atoms with E-state index in [0.717, 1.165) is 56.5 Å². The van der Waals surface area contributed by atoms with Crippen molar-refractivity contribution in [2.75, 3.05) is 6.54 Å². The van der Waals surface area contributed by atoms with Crippen molar-refractivity contribution in [3.05, 3.63) is 40.7 Å². The van der Waals surface area contributed by atoms with Crippen LogP contribution in [0.4, 0.5) is 0 Å². The van der Waals surface area contributed by atoms with Crippen molar-refractivity contribution in [1.82, 2.24) is 10.5 Å². The molecule has 0 spiro atoms. The number of hydrogen-bond donors (Lipinski definition) is 1. The molecule has 1 heterocycles. The molecule has 0 aromatic carbocycles. The van der Waals surface area contributed by atoms with Crippen LogP contribution in [0, 0.1) is 69.7 Å². The molecule has 0 bridgehead atoms. The van der Waals surface area contributed by atoms with Gasteiger partial charge in [0, 0.05) is 36.9 Å². The predicted octanol–water partition coefficient (Wildman–Crippen LogP) is 7.73. The second-order valence-corrected chi connectivity index (χ2v) is 17.1. The minimum Gasteiger partial charge on any atom is -0.361 e. The topological polar surface area (TPSA) is 76.6 Å². The van der Waals surface area contributed by atoms with Crippen molar-refractivity contribution in [1.29, 1.82) is 0 Å². The minimum atomic E-state index is -0.589. The zero-order chi connectivity index (χ0) is 30.5. The van der Waals surface area contributed by atoms with Crippen LogP contribution in [0.3, 0.4) is 0 Å². The van der Waals surface area contributed by atoms with Crippen LogP contribution in [-0.2, 0) is 16.1 Å². The van der Waals surface area contributed by atoms with Crippen LogP contribution < -0.4 is 5.32 Å². The summed E-state index contributed by atoms with van der Waals surface area (Å²) in [5, 5.41) is 7.95. The van der Waals surface area contributed by atoms with Gasteiger partial charge in [0.05, 0.1) is 12.3 Å². The molecule has 1 aromatic heterocycles. The molecule has 6 nitrogen and oxygen atoms in total. The largest absolute Gasteiger partial charge is 0.361 e. The fraction of sp³-hybridized carbons (Fsp3) is 0.778. The molecule has 0 saturated heterocycles. The van der Waals surface area contributed by atoms with Gasteiger partial charge in [-0.3, -0.25) is 4.79 Å². The number of allylic oxidation sites excluding steroid dienone is 2. The highest BCUT2D eigenvalue weighted by atomic mass is 16.5. The first-order valence-corrected chi connectivity index (χ1v) is 16.3. The fourth-order valence-electron chi connectivity index (χ4n) is 11.6. The van der Waals surface area contributed by atoms with Gasteiger partial charge in [-0.25, -0.2) is 4.85 Å². The third-order valence-corrected chi connectivity index (χ3v) is 14.1. The molecule has 8 atom stereocenters. The molecule has 1 aromatic rings. The van der Waals surface area contributed by atoms with Crippen LogP contribution in [0.1, 0.15) is 111 Å². The Morgan fingerprint density at radius 2 is 1.71 bits per heavy atom. The number of carbonyl (C=O) groups is 2. The Balaban J connectivity index is 1.37. The van der Waals surface area contributed by atoms with Gasteiger partial charge in [0.2, 0.25) is 5.70 Å². The standard InChI is InChI=1S/C36H51N3O3/c1-22-16-23(39-42-22)20-38-21-36-14-12-31(2,3)18-24(36)29-26(40)17-28-33(6)19-25(37-9)30(41)32(4,5)27(33)10-11-34(28,7)35(29,8)13-15-36/h16,19,24,27-29,38H,10-15,17-18,20-21H2,1-8H3/t24-,27-,28+,29-,33-,34+,35+,36+/m0/s1. The highest BCUT2D eigenvalue weighted by Gasteiger charge is 2.71. The molecule has 5 aliphatic rings. The summed E-state index contributed by atoms with van der Waals surface area (Å²) in [5.41, 5.74) is 0.479. The molecule has 228 valence electrons. The van der Waals surface area contributed by atoms with E-state index in [1.165, 1.54) is 6.42 Å². The van der Waals surface area contributed by atoms with Crippen LogP contribution in [-0.4, -0.2) is 23.3 Å². The highest BCUT2D eigenvalue weighted by molar-refractivity contribution is 6.02. The first-order valence-electron chi connectivity index (χ1n) is 16.3. The number of carbonyl (C=O) groups excluding carboxylic acids is 2. The van der Waals surface area contributed by atoms with E-state index < -0.39 is 5.41 Å². The lowest BCUT2D eigenvalue weighted by Gasteiger charge is -2.72. The zero-order valence-corrected chi connectivity index (χ0v) is 27.2. The molecule has 0 radical (unpaired) electrons. The third-order valence-electron chi connectivity index (χ3n) is 14.1. The molecular weight excluding hydrogens is 522 g/mol. The number of Topliss-reactive ketones (excluding diaryl/α,β-unsaturated/α-hetero) is 2. The van der Waals surface area contributed by atoms with Crippen LogP contribution in [0.15, 0.2) is 22.4 Å². The van der Waals surface area contributed by atoms with E-state index in [2.05, 4.69) is 49.9 Å². The quantitative estimate of drug-likeness (QED) is 0.373. The van der Waals surface area contributed by atoms with E-state index in [9.17, 15) is 9.59 Å². The average molecular weight is 574 g/mol. The summed E-state index contributed by atoms with van der Waals surface area (Å²) >= 11 is 0. The lowest BCUT2D eigenvalue weighted by molar-refractivity contribution is -0.222. The van der Waals surface area contributed by atoms with Gasteiger partial charge in [0.15, 0.2) is 5.78 Å². The number of nitrogens with one attached hydrogen (secondary N) is 1. The number of hydrogen-bond acceptors (Lipinski definition) is 5. The fourth-order valence-corrected chi connectivity index (χ4v) is 11.6. The summed E-state index contributed by atoms with van der Waals surface area (Å²) in [5.74, 6) is 1.93. The second-order valence-electron chi connectivity index (χ2n) is 17.1. The van der Waals surface area contributed by atoms with Crippen LogP contribution >= 0.6 is 0 Å². The summed E-state index contributed by atoms with van der Waals surface area (Å²) in [4.78, 5) is 31.8. The zero-order valence-electron chi connectivity index (χ0n) is 27.2. The van der Waals surface area contributed by atoms with E-state index in [1.54, 1.807) is 0 Å². The summed E-state index contributed by atoms with van der Waals surface area (Å²) < 4.78 is 5.30. The van der Waals surface area contributed by atoms with Crippen molar-refractivity contribution in [3.63, 3.8) is 0 Å². The maximum absolute atomic E-state index is 14.7. The Hall–Kier alpha value is -2.26. The van der Waals surface area contributed by atoms with Gasteiger partial charge in [-0.15, -0.1) is 0 Å². The van der Waals surface area contributed by atoms with Crippen molar-refractivity contribution in [3.8, 4) is 0 Å². The molecule has 0 unspecified atom stereocenters. The Bertz CT molecular complexity index is 1380. The van der Waals surface area contributed by atoms with E-state index in [-0.39, 0.29) is 56.3 Å². The van der Waals surface area contributed by atoms with Gasteiger partial charge >= 0.3 is 0 Å². The van der Waals surface area contributed by atoms with E-state index in [0.29, 0.717) is 24.7 Å². The molecule has 4 fully saturated rings. The molecule has 6 heteroatoms. The number of ketones is 2. The Morgan fingerprint density at radius 1 is 1.00 bits per heavy atom. The maximum Gasteiger partial charge on any atom is 0.226 e. The molecular formula is C36H51N3O3. The molecule has 1 N–H and O–H groups in total. The number of fused-ring (bicyclic) bond motifs is 7. The van der Waals surface area contributed by atoms with Gasteiger partial charge < -0.3 is 14.6 Å². The summed E-state index contributed by atoms with van der Waals surface area (Å²) in [6, 6.07) is 2.00. The van der Waals surface area contributed by atoms with Gasteiger partial charge in [0.1, 0.15) is 11.5 Å². The Labute approximate surface area is 252 Å². The normalized spacial score (nSPS) is 43.7. The van der Waals surface area contributed by atoms with Crippen LogP contribution in [0.25, 0.3) is 4.85 Å². The molecule has 5 aliphatic carbocycles. The van der Waals surface area contributed by atoms with Gasteiger partial charge in [0.25, 0.3) is 0 Å². The number of aryl methyl sites for hydroxylation is 1. The van der Waals surface area contributed by atoms with Gasteiger partial charge in [-0.2, -0.15) is 0 Å². The van der Waals surface area contributed by atoms with Gasteiger partial charge in [-0.1, -0.05) is 59.7 Å². The number of rotatable bonds is 4. The van der Waals surface area contributed by atoms with Crippen molar-refractivity contribution < 1.29 is 14.1 Å². The first-order chi connectivity index (χ1) is 19.5. The number of aromatic nitrogens is 1. The SMILES string of the molecule is [C-]#[N+]C1=C[C@]2(C)[C@H]3CC(=O)[C@@H]4[C@@H]5CC(C)(C)CC[C@]5(CNCc5cc(C)on5)CC[C@@]4(C)[C@]3(C)CC[C@H]2C(C)(C)C1=O. The summed E-state index contributed by atoms with van der Waals surface area (Å²) in [6.07, 6.45) is 10.2. The summed E-state index contributed by atoms with van der Waals surface area (Å²) in [6.45, 7) is 27.5. The molecule has 0 amide bonds. The monoisotopic (exact) mass is 573 g/mol. The van der Waals surface area contributed by atoms with Gasteiger partial charge in [-0.05, 0) is 96.7 Å². The highest BCUT2D eigenvalue weighted by Crippen LogP contribution is 2.75. The lowest BCUT2D eigenvalue weighted by Crippen LogP contribution is -2.69. The van der Waals surface area contributed by atoms with E-state index in [1.807, 2.05) is 32.9 Å². The Morgan fingerprint density at radius 3 is 2.38 bits per heavy atom. The predicted molar refractivity (Wildman–Crippen MR) is 163 cm³/mol. The third kappa shape index (κ3) is 4.01. The van der Waals surface area contributed by atoms with Crippen LogP contribution in [0.2, 0.25) is 0 Å². The van der Waals surface area contributed by atoms with E-state index >= 15 is 0 Å². The first kappa shape index (κ1) is 29.8. The smallest absolute Gasteiger partial charge is 0.226 e. The summed E-state index contributed by atoms with van der Waals surface area (Å²) in [7, 11) is 0. The molecule has 6 rings (SSSR count). The number of nitrogens with zero attached hydrogens (tertiary/aromatic N) is 2. The van der Waals surface area contributed by atoms with Crippen molar-refractivity contribution in [2.24, 2.45) is 56.2 Å². The average Bonchev–Trinajstić information content (AvgIpc) is 3.33. The maximum atomic E-state index is 14.7.